The van der Waals surface area contributed by atoms with Crippen LogP contribution in [0.25, 0.3) is 10.8 Å². The van der Waals surface area contributed by atoms with Crippen LogP contribution in [0.2, 0.25) is 0 Å². The molecule has 1 aliphatic carbocycles. The summed E-state index contributed by atoms with van der Waals surface area (Å²) in [6.07, 6.45) is 1.17. The minimum Gasteiger partial charge on any atom is -0.507 e. The predicted octanol–water partition coefficient (Wildman–Crippen LogP) is 5.58. The third kappa shape index (κ3) is 4.53. The molecule has 1 heterocycles. The van der Waals surface area contributed by atoms with E-state index in [1.807, 2.05) is 66.7 Å². The first-order valence-corrected chi connectivity index (χ1v) is 13.9. The third-order valence-corrected chi connectivity index (χ3v) is 8.08. The number of ether oxygens (including phenoxy) is 3. The fourth-order valence-electron chi connectivity index (χ4n) is 5.83. The summed E-state index contributed by atoms with van der Waals surface area (Å²) in [5.74, 6) is -2.22. The Morgan fingerprint density at radius 1 is 0.955 bits per heavy atom. The van der Waals surface area contributed by atoms with Crippen LogP contribution in [0.1, 0.15) is 40.9 Å². The molecule has 0 radical (unpaired) electrons. The highest BCUT2D eigenvalue weighted by atomic mass is 16.5. The van der Waals surface area contributed by atoms with Crippen molar-refractivity contribution in [3.8, 4) is 23.0 Å². The van der Waals surface area contributed by atoms with Crippen LogP contribution < -0.4 is 19.5 Å². The molecule has 0 bridgehead atoms. The van der Waals surface area contributed by atoms with E-state index in [0.29, 0.717) is 12.4 Å². The highest BCUT2D eigenvalue weighted by Gasteiger charge is 2.55. The molecule has 0 saturated heterocycles. The number of benzene rings is 4. The van der Waals surface area contributed by atoms with Crippen LogP contribution >= 0.6 is 0 Å². The van der Waals surface area contributed by atoms with Gasteiger partial charge in [0.15, 0.2) is 17.3 Å². The number of aliphatic hydroxyl groups is 1. The first-order valence-electron chi connectivity index (χ1n) is 13.9. The van der Waals surface area contributed by atoms with Crippen LogP contribution in [-0.2, 0) is 28.2 Å². The predicted molar refractivity (Wildman–Crippen MR) is 162 cm³/mol. The molecule has 222 valence electrons. The minimum atomic E-state index is -1.64. The number of aromatic hydroxyl groups is 1. The quantitative estimate of drug-likeness (QED) is 0.226. The van der Waals surface area contributed by atoms with E-state index in [4.69, 9.17) is 14.2 Å². The first kappa shape index (κ1) is 28.5. The number of methoxy groups -OCH3 is 1. The van der Waals surface area contributed by atoms with Crippen molar-refractivity contribution < 1.29 is 38.8 Å². The maximum absolute atomic E-state index is 13.8. The molecule has 1 aliphatic heterocycles. The maximum Gasteiger partial charge on any atom is 0.259 e. The summed E-state index contributed by atoms with van der Waals surface area (Å²) in [6.45, 7) is 3.18. The van der Waals surface area contributed by atoms with Gasteiger partial charge in [-0.3, -0.25) is 14.4 Å². The molecule has 9 nitrogen and oxygen atoms in total. The van der Waals surface area contributed by atoms with Gasteiger partial charge in [0.2, 0.25) is 0 Å². The standard InChI is InChI=1S/C35H29NO8/c1-19(37)29-24(38)16-28-35(2,33(29)40)31-25(39)15-27(42-3)30(32(31)44-28)34(41)36-17-21-13-14-26(23-12-8-7-11-22(21)23)43-18-20-9-5-4-6-10-20/h4-16,38-39H,17-18H2,1-3H3,(H,36,41)/t35-/m1/s1. The van der Waals surface area contributed by atoms with Crippen molar-refractivity contribution in [2.45, 2.75) is 32.4 Å². The number of hydrogen-bond acceptors (Lipinski definition) is 8. The molecule has 6 rings (SSSR count). The van der Waals surface area contributed by atoms with Crippen molar-refractivity contribution in [3.63, 3.8) is 0 Å². The molecule has 0 saturated carbocycles. The number of hydrogen-bond donors (Lipinski definition) is 3. The number of phenolic OH excluding ortho intramolecular Hbond substituents is 1. The van der Waals surface area contributed by atoms with Crippen molar-refractivity contribution in [1.82, 2.24) is 5.32 Å². The molecule has 1 amide bonds. The lowest BCUT2D eigenvalue weighted by Crippen LogP contribution is -2.38. The lowest BCUT2D eigenvalue weighted by molar-refractivity contribution is -0.123. The van der Waals surface area contributed by atoms with Gasteiger partial charge in [0, 0.05) is 24.1 Å². The zero-order valence-corrected chi connectivity index (χ0v) is 24.3. The molecule has 4 aromatic rings. The molecule has 0 fully saturated rings. The lowest BCUT2D eigenvalue weighted by atomic mass is 9.71. The van der Waals surface area contributed by atoms with Gasteiger partial charge >= 0.3 is 0 Å². The van der Waals surface area contributed by atoms with Crippen molar-refractivity contribution in [2.24, 2.45) is 0 Å². The maximum atomic E-state index is 13.8. The molecule has 44 heavy (non-hydrogen) atoms. The second-order valence-electron chi connectivity index (χ2n) is 10.8. The Bertz CT molecular complexity index is 1920. The average Bonchev–Trinajstić information content (AvgIpc) is 3.32. The summed E-state index contributed by atoms with van der Waals surface area (Å²) < 4.78 is 17.5. The monoisotopic (exact) mass is 591 g/mol. The number of phenols is 1. The topological polar surface area (TPSA) is 131 Å². The Balaban J connectivity index is 1.32. The molecule has 9 heteroatoms. The van der Waals surface area contributed by atoms with Gasteiger partial charge in [0.25, 0.3) is 5.91 Å². The van der Waals surface area contributed by atoms with Crippen LogP contribution in [0.15, 0.2) is 96.0 Å². The third-order valence-electron chi connectivity index (χ3n) is 8.08. The van der Waals surface area contributed by atoms with E-state index in [1.165, 1.54) is 33.1 Å². The molecule has 1 atom stereocenters. The molecule has 4 aromatic carbocycles. The van der Waals surface area contributed by atoms with Crippen molar-refractivity contribution in [1.29, 1.82) is 0 Å². The number of allylic oxidation sites excluding steroid dienone is 3. The summed E-state index contributed by atoms with van der Waals surface area (Å²) >= 11 is 0. The van der Waals surface area contributed by atoms with Gasteiger partial charge in [-0.1, -0.05) is 60.7 Å². The van der Waals surface area contributed by atoms with E-state index in [2.05, 4.69) is 5.32 Å². The highest BCUT2D eigenvalue weighted by molar-refractivity contribution is 6.25. The Morgan fingerprint density at radius 3 is 2.36 bits per heavy atom. The molecule has 0 unspecified atom stereocenters. The Morgan fingerprint density at radius 2 is 1.66 bits per heavy atom. The van der Waals surface area contributed by atoms with E-state index in [9.17, 15) is 24.6 Å². The smallest absolute Gasteiger partial charge is 0.259 e. The summed E-state index contributed by atoms with van der Waals surface area (Å²) in [5.41, 5.74) is -0.205. The van der Waals surface area contributed by atoms with Gasteiger partial charge in [-0.05, 0) is 36.4 Å². The Hall–Kier alpha value is -5.57. The number of fused-ring (bicyclic) bond motifs is 4. The fourth-order valence-corrected chi connectivity index (χ4v) is 5.83. The second-order valence-corrected chi connectivity index (χ2v) is 10.8. The van der Waals surface area contributed by atoms with Gasteiger partial charge < -0.3 is 29.7 Å². The fraction of sp³-hybridized carbons (Fsp3) is 0.171. The SMILES string of the molecule is COc1cc(O)c2c(c1C(=O)NCc1ccc(OCc3ccccc3)c3ccccc13)OC1=CC(O)=C(C(C)=O)C(=O)[C@]12C. The van der Waals surface area contributed by atoms with Crippen molar-refractivity contribution in [2.75, 3.05) is 7.11 Å². The zero-order chi connectivity index (χ0) is 31.2. The summed E-state index contributed by atoms with van der Waals surface area (Å²) in [7, 11) is 1.34. The van der Waals surface area contributed by atoms with Crippen LogP contribution in [0, 0.1) is 0 Å². The molecule has 3 N–H and O–H groups in total. The first-order chi connectivity index (χ1) is 21.1. The second kappa shape index (κ2) is 10.9. The molecule has 0 aromatic heterocycles. The lowest BCUT2D eigenvalue weighted by Gasteiger charge is -2.27. The number of Topliss-reactive ketones (excluding diaryl/α,β-unsaturated/α-hetero) is 2. The summed E-state index contributed by atoms with van der Waals surface area (Å²) in [6, 6.07) is 22.6. The number of ketones is 2. The molecular weight excluding hydrogens is 562 g/mol. The van der Waals surface area contributed by atoms with E-state index in [1.54, 1.807) is 0 Å². The largest absolute Gasteiger partial charge is 0.507 e. The molecule has 2 aliphatic rings. The minimum absolute atomic E-state index is 0.0105. The van der Waals surface area contributed by atoms with Gasteiger partial charge in [-0.25, -0.2) is 0 Å². The zero-order valence-electron chi connectivity index (χ0n) is 24.3. The van der Waals surface area contributed by atoms with Crippen molar-refractivity contribution in [3.05, 3.63) is 118 Å². The van der Waals surface area contributed by atoms with E-state index < -0.39 is 34.2 Å². The van der Waals surface area contributed by atoms with Crippen LogP contribution in [-0.4, -0.2) is 34.8 Å². The number of aliphatic hydroxyl groups excluding tert-OH is 1. The van der Waals surface area contributed by atoms with E-state index >= 15 is 0 Å². The van der Waals surface area contributed by atoms with Gasteiger partial charge in [-0.2, -0.15) is 0 Å². The number of carbonyl (C=O) groups is 3. The normalized spacial score (nSPS) is 17.0. The number of carbonyl (C=O) groups excluding carboxylic acids is 3. The average molecular weight is 592 g/mol. The number of amides is 1. The molecular formula is C35H29NO8. The molecule has 0 spiro atoms. The van der Waals surface area contributed by atoms with Gasteiger partial charge in [0.1, 0.15) is 51.9 Å². The number of rotatable bonds is 8. The van der Waals surface area contributed by atoms with E-state index in [0.717, 1.165) is 21.9 Å². The van der Waals surface area contributed by atoms with E-state index in [-0.39, 0.29) is 40.7 Å². The van der Waals surface area contributed by atoms with Gasteiger partial charge in [0.05, 0.1) is 12.7 Å². The van der Waals surface area contributed by atoms with Gasteiger partial charge in [-0.15, -0.1) is 0 Å². The van der Waals surface area contributed by atoms with Crippen LogP contribution in [0.3, 0.4) is 0 Å². The summed E-state index contributed by atoms with van der Waals surface area (Å²) in [5, 5.41) is 26.1. The Kier molecular flexibility index (Phi) is 7.09. The number of nitrogens with one attached hydrogen (secondary N) is 1. The Labute approximate surface area is 253 Å². The van der Waals surface area contributed by atoms with Crippen LogP contribution in [0.4, 0.5) is 0 Å². The highest BCUT2D eigenvalue weighted by Crippen LogP contribution is 2.56. The summed E-state index contributed by atoms with van der Waals surface area (Å²) in [4.78, 5) is 39.5. The van der Waals surface area contributed by atoms with Crippen molar-refractivity contribution >= 4 is 28.2 Å². The van der Waals surface area contributed by atoms with Crippen LogP contribution in [0.5, 0.6) is 23.0 Å².